The molecule has 0 aliphatic carbocycles. The highest BCUT2D eigenvalue weighted by Crippen LogP contribution is 2.36. The number of hydrogen-bond donors (Lipinski definition) is 1. The number of benzene rings is 1. The number of hydrogen-bond acceptors (Lipinski definition) is 4. The van der Waals surface area contributed by atoms with Gasteiger partial charge < -0.3 is 9.47 Å². The van der Waals surface area contributed by atoms with E-state index in [0.29, 0.717) is 0 Å². The largest absolute Gasteiger partial charge is 0.487 e. The summed E-state index contributed by atoms with van der Waals surface area (Å²) in [7, 11) is 1.40. The van der Waals surface area contributed by atoms with Crippen LogP contribution in [0.15, 0.2) is 23.1 Å². The van der Waals surface area contributed by atoms with Crippen LogP contribution in [0.3, 0.4) is 0 Å². The van der Waals surface area contributed by atoms with Gasteiger partial charge >= 0.3 is 5.97 Å². The van der Waals surface area contributed by atoms with Crippen molar-refractivity contribution in [3.05, 3.63) is 23.8 Å². The standard InChI is InChI=1S/C13H16O3S/c1-13(8-12(14)15-2)6-5-9-7-10(17)3-4-11(9)16-13/h3-4,7,17H,5-6,8H2,1-2H3. The van der Waals surface area contributed by atoms with Crippen molar-refractivity contribution >= 4 is 18.6 Å². The van der Waals surface area contributed by atoms with Gasteiger partial charge in [-0.1, -0.05) is 0 Å². The maximum atomic E-state index is 11.3. The number of aryl methyl sites for hydroxylation is 1. The summed E-state index contributed by atoms with van der Waals surface area (Å²) in [5, 5.41) is 0. The molecule has 1 heterocycles. The van der Waals surface area contributed by atoms with Gasteiger partial charge in [-0.15, -0.1) is 12.6 Å². The van der Waals surface area contributed by atoms with Crippen LogP contribution < -0.4 is 4.74 Å². The third-order valence-corrected chi connectivity index (χ3v) is 3.35. The lowest BCUT2D eigenvalue weighted by atomic mass is 9.90. The molecule has 1 aromatic rings. The van der Waals surface area contributed by atoms with Crippen LogP contribution >= 0.6 is 12.6 Å². The van der Waals surface area contributed by atoms with Crippen molar-refractivity contribution in [2.45, 2.75) is 36.7 Å². The molecule has 0 aromatic heterocycles. The van der Waals surface area contributed by atoms with Crippen LogP contribution in [0.4, 0.5) is 0 Å². The van der Waals surface area contributed by atoms with E-state index in [9.17, 15) is 4.79 Å². The second-order valence-electron chi connectivity index (χ2n) is 4.60. The van der Waals surface area contributed by atoms with E-state index in [1.807, 2.05) is 25.1 Å². The molecule has 0 amide bonds. The molecule has 0 saturated carbocycles. The van der Waals surface area contributed by atoms with Crippen LogP contribution in [0, 0.1) is 0 Å². The molecule has 0 fully saturated rings. The maximum Gasteiger partial charge on any atom is 0.309 e. The Balaban J connectivity index is 2.17. The highest BCUT2D eigenvalue weighted by molar-refractivity contribution is 7.80. The van der Waals surface area contributed by atoms with Gasteiger partial charge in [0.05, 0.1) is 13.5 Å². The average molecular weight is 252 g/mol. The molecule has 0 spiro atoms. The minimum absolute atomic E-state index is 0.234. The maximum absolute atomic E-state index is 11.3. The highest BCUT2D eigenvalue weighted by atomic mass is 32.1. The molecule has 1 unspecified atom stereocenters. The van der Waals surface area contributed by atoms with Crippen LogP contribution in [0.25, 0.3) is 0 Å². The van der Waals surface area contributed by atoms with Gasteiger partial charge in [0.2, 0.25) is 0 Å². The molecule has 3 nitrogen and oxygen atoms in total. The van der Waals surface area contributed by atoms with Gasteiger partial charge in [0.1, 0.15) is 11.4 Å². The minimum Gasteiger partial charge on any atom is -0.487 e. The SMILES string of the molecule is COC(=O)CC1(C)CCc2cc(S)ccc2O1. The van der Waals surface area contributed by atoms with Crippen molar-refractivity contribution in [2.24, 2.45) is 0 Å². The van der Waals surface area contributed by atoms with E-state index in [1.165, 1.54) is 7.11 Å². The Kier molecular flexibility index (Phi) is 3.33. The van der Waals surface area contributed by atoms with Crippen LogP contribution in [-0.2, 0) is 16.0 Å². The number of ether oxygens (including phenoxy) is 2. The normalized spacial score (nSPS) is 22.5. The van der Waals surface area contributed by atoms with Crippen molar-refractivity contribution in [3.8, 4) is 5.75 Å². The number of esters is 1. The van der Waals surface area contributed by atoms with E-state index < -0.39 is 5.60 Å². The fraction of sp³-hybridized carbons (Fsp3) is 0.462. The number of rotatable bonds is 2. The molecule has 1 atom stereocenters. The van der Waals surface area contributed by atoms with Gasteiger partial charge in [-0.25, -0.2) is 0 Å². The van der Waals surface area contributed by atoms with E-state index in [2.05, 4.69) is 12.6 Å². The Morgan fingerprint density at radius 2 is 2.35 bits per heavy atom. The summed E-state index contributed by atoms with van der Waals surface area (Å²) >= 11 is 4.30. The van der Waals surface area contributed by atoms with Gasteiger partial charge in [0.15, 0.2) is 0 Å². The monoisotopic (exact) mass is 252 g/mol. The van der Waals surface area contributed by atoms with E-state index in [-0.39, 0.29) is 12.4 Å². The van der Waals surface area contributed by atoms with E-state index in [0.717, 1.165) is 29.1 Å². The summed E-state index contributed by atoms with van der Waals surface area (Å²) in [6.45, 7) is 1.95. The van der Waals surface area contributed by atoms with Crippen molar-refractivity contribution in [1.29, 1.82) is 0 Å². The van der Waals surface area contributed by atoms with E-state index in [4.69, 9.17) is 9.47 Å². The van der Waals surface area contributed by atoms with Crippen LogP contribution in [0.2, 0.25) is 0 Å². The Bertz CT molecular complexity index is 444. The van der Waals surface area contributed by atoms with E-state index >= 15 is 0 Å². The fourth-order valence-electron chi connectivity index (χ4n) is 2.08. The number of thiol groups is 1. The summed E-state index contributed by atoms with van der Waals surface area (Å²) in [4.78, 5) is 12.3. The van der Waals surface area contributed by atoms with Crippen LogP contribution in [0.1, 0.15) is 25.3 Å². The van der Waals surface area contributed by atoms with Crippen molar-refractivity contribution in [1.82, 2.24) is 0 Å². The quantitative estimate of drug-likeness (QED) is 0.649. The zero-order chi connectivity index (χ0) is 12.5. The first-order valence-corrected chi connectivity index (χ1v) is 6.05. The summed E-state index contributed by atoms with van der Waals surface area (Å²) in [5.41, 5.74) is 0.693. The third-order valence-electron chi connectivity index (χ3n) is 3.07. The van der Waals surface area contributed by atoms with Gasteiger partial charge in [-0.3, -0.25) is 4.79 Å². The smallest absolute Gasteiger partial charge is 0.309 e. The molecule has 0 radical (unpaired) electrons. The van der Waals surface area contributed by atoms with E-state index in [1.54, 1.807) is 0 Å². The van der Waals surface area contributed by atoms with Gasteiger partial charge in [-0.05, 0) is 43.5 Å². The third kappa shape index (κ3) is 2.75. The molecule has 0 bridgehead atoms. The topological polar surface area (TPSA) is 35.5 Å². The molecule has 0 N–H and O–H groups in total. The molecule has 2 rings (SSSR count). The molecular weight excluding hydrogens is 236 g/mol. The summed E-state index contributed by atoms with van der Waals surface area (Å²) < 4.78 is 10.6. The molecule has 1 aliphatic heterocycles. The summed E-state index contributed by atoms with van der Waals surface area (Å²) in [6.07, 6.45) is 2.00. The first-order chi connectivity index (χ1) is 8.02. The zero-order valence-corrected chi connectivity index (χ0v) is 10.9. The second kappa shape index (κ2) is 4.61. The summed E-state index contributed by atoms with van der Waals surface area (Å²) in [6, 6.07) is 5.81. The summed E-state index contributed by atoms with van der Waals surface area (Å²) in [5.74, 6) is 0.613. The van der Waals surface area contributed by atoms with Crippen LogP contribution in [0.5, 0.6) is 5.75 Å². The fourth-order valence-corrected chi connectivity index (χ4v) is 2.31. The molecule has 17 heavy (non-hydrogen) atoms. The number of methoxy groups -OCH3 is 1. The lowest BCUT2D eigenvalue weighted by Crippen LogP contribution is -2.38. The second-order valence-corrected chi connectivity index (χ2v) is 5.11. The van der Waals surface area contributed by atoms with Crippen molar-refractivity contribution in [3.63, 3.8) is 0 Å². The predicted octanol–water partition coefficient (Wildman–Crippen LogP) is 2.62. The lowest BCUT2D eigenvalue weighted by molar-refractivity contribution is -0.145. The molecule has 92 valence electrons. The minimum atomic E-state index is -0.460. The number of fused-ring (bicyclic) bond motifs is 1. The number of carbonyl (C=O) groups excluding carboxylic acids is 1. The van der Waals surface area contributed by atoms with Gasteiger partial charge in [-0.2, -0.15) is 0 Å². The molecule has 1 aliphatic rings. The van der Waals surface area contributed by atoms with Crippen molar-refractivity contribution in [2.75, 3.05) is 7.11 Å². The Hall–Kier alpha value is -1.16. The van der Waals surface area contributed by atoms with Gasteiger partial charge in [0, 0.05) is 4.90 Å². The average Bonchev–Trinajstić information content (AvgIpc) is 2.29. The first-order valence-electron chi connectivity index (χ1n) is 5.60. The number of carbonyl (C=O) groups is 1. The van der Waals surface area contributed by atoms with Crippen LogP contribution in [-0.4, -0.2) is 18.7 Å². The molecule has 0 saturated heterocycles. The molecular formula is C13H16O3S. The molecule has 1 aromatic carbocycles. The Labute approximate surface area is 107 Å². The Morgan fingerprint density at radius 3 is 3.06 bits per heavy atom. The molecule has 4 heteroatoms. The predicted molar refractivity (Wildman–Crippen MR) is 67.7 cm³/mol. The van der Waals surface area contributed by atoms with Crippen molar-refractivity contribution < 1.29 is 14.3 Å². The Morgan fingerprint density at radius 1 is 1.59 bits per heavy atom. The highest BCUT2D eigenvalue weighted by Gasteiger charge is 2.34. The lowest BCUT2D eigenvalue weighted by Gasteiger charge is -2.35. The van der Waals surface area contributed by atoms with Gasteiger partial charge in [0.25, 0.3) is 0 Å². The zero-order valence-electron chi connectivity index (χ0n) is 10.0. The first kappa shape index (κ1) is 12.3.